The van der Waals surface area contributed by atoms with Crippen LogP contribution in [0, 0.1) is 11.8 Å². The predicted molar refractivity (Wildman–Crippen MR) is 228 cm³/mol. The molecular weight excluding hydrogens is 716 g/mol. The van der Waals surface area contributed by atoms with E-state index in [0.29, 0.717) is 18.9 Å². The molecule has 13 heteroatoms. The summed E-state index contributed by atoms with van der Waals surface area (Å²) in [7, 11) is 7.81. The average Bonchev–Trinajstić information content (AvgIpc) is 3.15. The summed E-state index contributed by atoms with van der Waals surface area (Å²) in [5.74, 6) is -0.107. The van der Waals surface area contributed by atoms with Crippen molar-refractivity contribution >= 4 is 17.4 Å². The van der Waals surface area contributed by atoms with Crippen LogP contribution in [0.25, 0.3) is 10.9 Å². The van der Waals surface area contributed by atoms with Gasteiger partial charge in [0.15, 0.2) is 0 Å². The minimum atomic E-state index is -1.30. The van der Waals surface area contributed by atoms with Crippen molar-refractivity contribution in [2.45, 2.75) is 155 Å². The number of methoxy groups -OCH3 is 1. The fraction of sp³-hybridized carbons (Fsp3) is 0.767. The van der Waals surface area contributed by atoms with Gasteiger partial charge in [-0.3, -0.25) is 9.78 Å². The molecular formula is C43H82N4O9. The van der Waals surface area contributed by atoms with E-state index in [1.807, 2.05) is 47.0 Å². The molecule has 1 heterocycles. The Morgan fingerprint density at radius 1 is 0.982 bits per heavy atom. The number of rotatable bonds is 24. The van der Waals surface area contributed by atoms with Gasteiger partial charge in [0.05, 0.1) is 47.2 Å². The molecule has 0 spiro atoms. The lowest BCUT2D eigenvalue weighted by Crippen LogP contribution is -2.47. The number of likely N-dealkylation sites (N-methyl/N-ethyl adjacent to an activating group) is 1. The highest BCUT2D eigenvalue weighted by Gasteiger charge is 2.38. The number of aromatic nitrogens is 1. The third kappa shape index (κ3) is 22.0. The van der Waals surface area contributed by atoms with Crippen LogP contribution >= 0.6 is 0 Å². The van der Waals surface area contributed by atoms with Gasteiger partial charge in [0, 0.05) is 44.3 Å². The number of nitrogens with one attached hydrogen (secondary N) is 2. The molecule has 2 rings (SSSR count). The summed E-state index contributed by atoms with van der Waals surface area (Å²) in [5.41, 5.74) is -0.249. The van der Waals surface area contributed by atoms with Crippen LogP contribution in [0.5, 0.6) is 0 Å². The highest BCUT2D eigenvalue weighted by molar-refractivity contribution is 5.81. The fourth-order valence-corrected chi connectivity index (χ4v) is 6.73. The number of benzene rings is 1. The minimum absolute atomic E-state index is 0.0334. The highest BCUT2D eigenvalue weighted by Crippen LogP contribution is 2.31. The topological polar surface area (TPSA) is 197 Å². The molecule has 56 heavy (non-hydrogen) atoms. The van der Waals surface area contributed by atoms with Crippen molar-refractivity contribution in [3.63, 3.8) is 0 Å². The molecule has 2 aromatic rings. The van der Waals surface area contributed by atoms with Crippen molar-refractivity contribution in [1.29, 1.82) is 0 Å². The molecule has 8 N–H and O–H groups in total. The number of hydrogen-bond donors (Lipinski definition) is 8. The average molecular weight is 799 g/mol. The second kappa shape index (κ2) is 30.7. The maximum Gasteiger partial charge on any atom is 0.290 e. The van der Waals surface area contributed by atoms with Crippen molar-refractivity contribution < 1.29 is 44.9 Å². The van der Waals surface area contributed by atoms with Crippen LogP contribution in [0.15, 0.2) is 36.5 Å². The Morgan fingerprint density at radius 3 is 2.12 bits per heavy atom. The number of carboxylic acid groups (broad SMARTS) is 1. The first-order valence-electron chi connectivity index (χ1n) is 20.4. The minimum Gasteiger partial charge on any atom is -0.483 e. The van der Waals surface area contributed by atoms with E-state index in [2.05, 4.69) is 72.7 Å². The van der Waals surface area contributed by atoms with E-state index in [-0.39, 0.29) is 43.4 Å². The molecule has 0 saturated heterocycles. The second-order valence-corrected chi connectivity index (χ2v) is 15.4. The molecule has 0 saturated carbocycles. The maximum atomic E-state index is 10.5. The molecule has 0 amide bonds. The van der Waals surface area contributed by atoms with Gasteiger partial charge in [-0.1, -0.05) is 52.3 Å². The summed E-state index contributed by atoms with van der Waals surface area (Å²) < 4.78 is 11.5. The van der Waals surface area contributed by atoms with Crippen molar-refractivity contribution in [2.75, 3.05) is 47.9 Å². The van der Waals surface area contributed by atoms with Gasteiger partial charge in [-0.2, -0.15) is 0 Å². The van der Waals surface area contributed by atoms with Crippen LogP contribution in [0.4, 0.5) is 0 Å². The molecule has 0 bridgehead atoms. The zero-order valence-electron chi connectivity index (χ0n) is 37.0. The van der Waals surface area contributed by atoms with Gasteiger partial charge in [-0.25, -0.2) is 0 Å². The van der Waals surface area contributed by atoms with Crippen LogP contribution in [0.1, 0.15) is 106 Å². The Labute approximate surface area is 339 Å². The van der Waals surface area contributed by atoms with E-state index in [1.54, 1.807) is 21.0 Å². The maximum absolute atomic E-state index is 10.5. The molecule has 0 aliphatic heterocycles. The number of pyridine rings is 1. The van der Waals surface area contributed by atoms with Gasteiger partial charge in [0.1, 0.15) is 0 Å². The monoisotopic (exact) mass is 799 g/mol. The van der Waals surface area contributed by atoms with Gasteiger partial charge in [-0.15, -0.1) is 0 Å². The summed E-state index contributed by atoms with van der Waals surface area (Å²) in [6, 6.07) is 10.7. The molecule has 328 valence electrons. The first-order chi connectivity index (χ1) is 26.3. The molecule has 1 aromatic heterocycles. The fourth-order valence-electron chi connectivity index (χ4n) is 6.73. The Balaban J connectivity index is 0. The number of aliphatic hydroxyl groups excluding tert-OH is 3. The summed E-state index contributed by atoms with van der Waals surface area (Å²) in [4.78, 5) is 15.0. The second-order valence-electron chi connectivity index (χ2n) is 15.4. The van der Waals surface area contributed by atoms with Crippen molar-refractivity contribution in [1.82, 2.24) is 20.5 Å². The zero-order chi connectivity index (χ0) is 43.5. The first kappa shape index (κ1) is 55.8. The van der Waals surface area contributed by atoms with E-state index < -0.39 is 29.5 Å². The lowest BCUT2D eigenvalue weighted by molar-refractivity contribution is -0.122. The number of para-hydroxylation sites is 1. The van der Waals surface area contributed by atoms with E-state index in [0.717, 1.165) is 44.6 Å². The number of nitrogens with zero attached hydrogens (tertiary/aromatic N) is 2. The lowest BCUT2D eigenvalue weighted by Gasteiger charge is -2.37. The molecule has 13 nitrogen and oxygen atoms in total. The van der Waals surface area contributed by atoms with Gasteiger partial charge in [0.25, 0.3) is 6.47 Å². The molecule has 10 atom stereocenters. The van der Waals surface area contributed by atoms with Crippen molar-refractivity contribution in [2.24, 2.45) is 11.8 Å². The van der Waals surface area contributed by atoms with Gasteiger partial charge >= 0.3 is 0 Å². The van der Waals surface area contributed by atoms with E-state index in [1.165, 1.54) is 17.9 Å². The smallest absolute Gasteiger partial charge is 0.290 e. The molecule has 0 aliphatic rings. The number of ether oxygens (including phenoxy) is 2. The Kier molecular flexibility index (Phi) is 30.6. The van der Waals surface area contributed by atoms with E-state index >= 15 is 0 Å². The van der Waals surface area contributed by atoms with E-state index in [4.69, 9.17) is 19.4 Å². The summed E-state index contributed by atoms with van der Waals surface area (Å²) >= 11 is 0. The normalized spacial score (nSPS) is 17.8. The van der Waals surface area contributed by atoms with Gasteiger partial charge < -0.3 is 55.6 Å². The van der Waals surface area contributed by atoms with Crippen LogP contribution < -0.4 is 10.6 Å². The third-order valence-corrected chi connectivity index (χ3v) is 10.4. The first-order valence-corrected chi connectivity index (χ1v) is 20.4. The van der Waals surface area contributed by atoms with E-state index in [9.17, 15) is 25.5 Å². The lowest BCUT2D eigenvalue weighted by atomic mass is 9.78. The molecule has 3 unspecified atom stereocenters. The SMILES string of the molecule is CC.CC[C@@H](C[C@@H](O)C[C@@H](O)[C@](C)(O)C[C@@H](C)CNC)[C@@](C)(O)C(C)O.COC(C)CC([C@H](C)OCCCNCc1ccnc2ccccc12)N(C)C.O=CO. The molecule has 0 radical (unpaired) electrons. The van der Waals surface area contributed by atoms with Crippen LogP contribution in [-0.2, 0) is 20.8 Å². The van der Waals surface area contributed by atoms with Gasteiger partial charge in [0.2, 0.25) is 0 Å². The molecule has 0 fully saturated rings. The summed E-state index contributed by atoms with van der Waals surface area (Å²) in [5, 5.41) is 65.9. The standard InChI is InChI=1S/C22H35N3O2.C18H39NO5.C2H6.CH2O2/c1-17(26-5)15-22(25(3)4)18(2)27-14-8-12-23-16-19-11-13-24-21-10-7-6-9-20(19)21;1-7-14(18(5,24)13(3)20)8-15(21)9-16(22)17(4,23)10-12(2)11-19-6;1-2;2-1-3/h6-7,9-11,13,17-18,22-23H,8,12,14-16H2,1-5H3;12-16,19-24H,7-11H2,1-6H3;1-2H3;1H,(H,2,3)/t17?,18-,22?;12-,13?,14+,15-,16-,17-,18+;;/m01../s1. The number of fused-ring (bicyclic) bond motifs is 1. The summed E-state index contributed by atoms with van der Waals surface area (Å²) in [6.45, 7) is 19.8. The van der Waals surface area contributed by atoms with Crippen molar-refractivity contribution in [3.05, 3.63) is 42.1 Å². The third-order valence-electron chi connectivity index (χ3n) is 10.4. The Hall–Kier alpha value is -2.30. The van der Waals surface area contributed by atoms with Crippen LogP contribution in [-0.4, -0.2) is 143 Å². The van der Waals surface area contributed by atoms with Crippen LogP contribution in [0.2, 0.25) is 0 Å². The largest absolute Gasteiger partial charge is 0.483 e. The highest BCUT2D eigenvalue weighted by atomic mass is 16.5. The Bertz CT molecular complexity index is 1250. The molecule has 0 aliphatic carbocycles. The number of hydrogen-bond acceptors (Lipinski definition) is 12. The summed E-state index contributed by atoms with van der Waals surface area (Å²) in [6.07, 6.45) is 2.75. The van der Waals surface area contributed by atoms with Crippen LogP contribution in [0.3, 0.4) is 0 Å². The Morgan fingerprint density at radius 2 is 1.59 bits per heavy atom. The number of aliphatic hydroxyl groups is 5. The predicted octanol–water partition coefficient (Wildman–Crippen LogP) is 4.84. The quantitative estimate of drug-likeness (QED) is 0.0531. The zero-order valence-corrected chi connectivity index (χ0v) is 37.0. The van der Waals surface area contributed by atoms with Gasteiger partial charge in [-0.05, 0) is 124 Å². The van der Waals surface area contributed by atoms with Crippen molar-refractivity contribution in [3.8, 4) is 0 Å². The molecule has 1 aromatic carbocycles. The number of carbonyl (C=O) groups is 1.